The summed E-state index contributed by atoms with van der Waals surface area (Å²) >= 11 is 2.48. The minimum Gasteiger partial charge on any atom is -0.291 e. The SMILES string of the molecule is Cc1ccc(C2CN(C(C)I)C2)cc1. The van der Waals surface area contributed by atoms with Gasteiger partial charge in [0.25, 0.3) is 0 Å². The fraction of sp³-hybridized carbons (Fsp3) is 0.500. The highest BCUT2D eigenvalue weighted by Gasteiger charge is 2.29. The van der Waals surface area contributed by atoms with Crippen LogP contribution in [-0.4, -0.2) is 22.0 Å². The minimum atomic E-state index is 0.675. The van der Waals surface area contributed by atoms with Crippen molar-refractivity contribution in [3.05, 3.63) is 35.4 Å². The van der Waals surface area contributed by atoms with E-state index in [-0.39, 0.29) is 0 Å². The molecular weight excluding hydrogens is 285 g/mol. The Morgan fingerprint density at radius 1 is 1.29 bits per heavy atom. The number of hydrogen-bond donors (Lipinski definition) is 0. The molecule has 1 fully saturated rings. The first-order valence-corrected chi connectivity index (χ1v) is 6.36. The highest BCUT2D eigenvalue weighted by molar-refractivity contribution is 14.1. The Bertz CT molecular complexity index is 299. The van der Waals surface area contributed by atoms with E-state index in [0.717, 1.165) is 5.92 Å². The molecule has 0 radical (unpaired) electrons. The van der Waals surface area contributed by atoms with Gasteiger partial charge in [0, 0.05) is 19.0 Å². The zero-order valence-electron chi connectivity index (χ0n) is 8.70. The number of aryl methyl sites for hydroxylation is 1. The van der Waals surface area contributed by atoms with Gasteiger partial charge in [0.15, 0.2) is 0 Å². The molecule has 0 N–H and O–H groups in total. The second-order valence-electron chi connectivity index (χ2n) is 4.14. The topological polar surface area (TPSA) is 3.24 Å². The third-order valence-corrected chi connectivity index (χ3v) is 3.75. The van der Waals surface area contributed by atoms with Crippen LogP contribution in [0.5, 0.6) is 0 Å². The molecule has 0 bridgehead atoms. The lowest BCUT2D eigenvalue weighted by atomic mass is 9.91. The monoisotopic (exact) mass is 301 g/mol. The Morgan fingerprint density at radius 2 is 1.86 bits per heavy atom. The molecule has 0 spiro atoms. The van der Waals surface area contributed by atoms with Crippen LogP contribution in [-0.2, 0) is 0 Å². The maximum Gasteiger partial charge on any atom is 0.0590 e. The quantitative estimate of drug-likeness (QED) is 0.461. The number of halogens is 1. The van der Waals surface area contributed by atoms with Crippen molar-refractivity contribution in [1.29, 1.82) is 0 Å². The Kier molecular flexibility index (Phi) is 3.12. The number of rotatable bonds is 2. The van der Waals surface area contributed by atoms with E-state index >= 15 is 0 Å². The van der Waals surface area contributed by atoms with Crippen LogP contribution < -0.4 is 0 Å². The fourth-order valence-corrected chi connectivity index (χ4v) is 2.31. The van der Waals surface area contributed by atoms with E-state index in [1.165, 1.54) is 24.2 Å². The molecule has 1 aliphatic heterocycles. The van der Waals surface area contributed by atoms with Crippen LogP contribution in [0.1, 0.15) is 24.0 Å². The normalized spacial score (nSPS) is 20.5. The van der Waals surface area contributed by atoms with Gasteiger partial charge in [-0.05, 0) is 19.4 Å². The minimum absolute atomic E-state index is 0.675. The smallest absolute Gasteiger partial charge is 0.0590 e. The summed E-state index contributed by atoms with van der Waals surface area (Å²) in [5.74, 6) is 0.771. The third kappa shape index (κ3) is 2.11. The van der Waals surface area contributed by atoms with E-state index in [4.69, 9.17) is 0 Å². The highest BCUT2D eigenvalue weighted by atomic mass is 127. The lowest BCUT2D eigenvalue weighted by molar-refractivity contribution is 0.148. The average Bonchev–Trinajstić information content (AvgIpc) is 2.05. The lowest BCUT2D eigenvalue weighted by Crippen LogP contribution is -2.47. The van der Waals surface area contributed by atoms with Gasteiger partial charge < -0.3 is 0 Å². The summed E-state index contributed by atoms with van der Waals surface area (Å²) < 4.78 is 0.675. The zero-order valence-corrected chi connectivity index (χ0v) is 10.9. The molecule has 1 saturated heterocycles. The standard InChI is InChI=1S/C12H16IN/c1-9-3-5-11(6-4-9)12-7-14(8-12)10(2)13/h3-6,10,12H,7-8H2,1-2H3. The summed E-state index contributed by atoms with van der Waals surface area (Å²) in [6.45, 7) is 6.86. The molecule has 14 heavy (non-hydrogen) atoms. The Balaban J connectivity index is 1.96. The van der Waals surface area contributed by atoms with Gasteiger partial charge in [-0.25, -0.2) is 0 Å². The molecule has 1 atom stereocenters. The van der Waals surface area contributed by atoms with E-state index in [1.807, 2.05) is 0 Å². The van der Waals surface area contributed by atoms with Crippen LogP contribution in [0, 0.1) is 6.92 Å². The van der Waals surface area contributed by atoms with E-state index in [9.17, 15) is 0 Å². The third-order valence-electron chi connectivity index (χ3n) is 2.96. The molecule has 1 heterocycles. The van der Waals surface area contributed by atoms with Crippen molar-refractivity contribution >= 4 is 22.6 Å². The number of hydrogen-bond acceptors (Lipinski definition) is 1. The van der Waals surface area contributed by atoms with Gasteiger partial charge >= 0.3 is 0 Å². The van der Waals surface area contributed by atoms with Gasteiger partial charge in [-0.2, -0.15) is 0 Å². The average molecular weight is 301 g/mol. The summed E-state index contributed by atoms with van der Waals surface area (Å²) in [5.41, 5.74) is 2.86. The Labute approximate surface area is 99.6 Å². The second-order valence-corrected chi connectivity index (χ2v) is 5.94. The molecule has 1 aromatic rings. The predicted molar refractivity (Wildman–Crippen MR) is 69.0 cm³/mol. The van der Waals surface area contributed by atoms with Crippen molar-refractivity contribution in [1.82, 2.24) is 4.90 Å². The van der Waals surface area contributed by atoms with Gasteiger partial charge in [0.2, 0.25) is 0 Å². The molecule has 1 nitrogen and oxygen atoms in total. The molecule has 0 aromatic heterocycles. The van der Waals surface area contributed by atoms with Crippen LogP contribution in [0.2, 0.25) is 0 Å². The lowest BCUT2D eigenvalue weighted by Gasteiger charge is -2.41. The van der Waals surface area contributed by atoms with Crippen LogP contribution in [0.4, 0.5) is 0 Å². The van der Waals surface area contributed by atoms with Gasteiger partial charge in [-0.1, -0.05) is 52.4 Å². The van der Waals surface area contributed by atoms with Crippen LogP contribution in [0.25, 0.3) is 0 Å². The molecule has 0 aliphatic carbocycles. The maximum absolute atomic E-state index is 2.51. The zero-order chi connectivity index (χ0) is 10.1. The Morgan fingerprint density at radius 3 is 2.36 bits per heavy atom. The van der Waals surface area contributed by atoms with Crippen molar-refractivity contribution in [2.75, 3.05) is 13.1 Å². The van der Waals surface area contributed by atoms with E-state index in [0.29, 0.717) is 4.05 Å². The predicted octanol–water partition coefficient (Wildman–Crippen LogP) is 3.18. The number of likely N-dealkylation sites (tertiary alicyclic amines) is 1. The first kappa shape index (κ1) is 10.4. The molecule has 0 amide bonds. The number of nitrogens with zero attached hydrogens (tertiary/aromatic N) is 1. The molecule has 2 heteroatoms. The van der Waals surface area contributed by atoms with Crippen molar-refractivity contribution in [3.63, 3.8) is 0 Å². The number of alkyl halides is 1. The van der Waals surface area contributed by atoms with Gasteiger partial charge in [-0.3, -0.25) is 4.90 Å². The molecule has 1 aromatic carbocycles. The van der Waals surface area contributed by atoms with Gasteiger partial charge in [0.1, 0.15) is 0 Å². The molecule has 76 valence electrons. The van der Waals surface area contributed by atoms with E-state index < -0.39 is 0 Å². The van der Waals surface area contributed by atoms with Crippen molar-refractivity contribution in [2.45, 2.75) is 23.8 Å². The van der Waals surface area contributed by atoms with E-state index in [1.54, 1.807) is 0 Å². The molecule has 1 aliphatic rings. The second kappa shape index (κ2) is 4.19. The molecule has 0 saturated carbocycles. The van der Waals surface area contributed by atoms with Crippen LogP contribution in [0.3, 0.4) is 0 Å². The molecular formula is C12H16IN. The first-order valence-electron chi connectivity index (χ1n) is 5.11. The molecule has 2 rings (SSSR count). The van der Waals surface area contributed by atoms with Crippen LogP contribution >= 0.6 is 22.6 Å². The van der Waals surface area contributed by atoms with Gasteiger partial charge in [-0.15, -0.1) is 0 Å². The number of benzene rings is 1. The Hall–Kier alpha value is -0.0900. The van der Waals surface area contributed by atoms with Crippen molar-refractivity contribution in [2.24, 2.45) is 0 Å². The summed E-state index contributed by atoms with van der Waals surface area (Å²) in [7, 11) is 0. The fourth-order valence-electron chi connectivity index (χ4n) is 1.85. The van der Waals surface area contributed by atoms with E-state index in [2.05, 4.69) is 65.6 Å². The van der Waals surface area contributed by atoms with Crippen molar-refractivity contribution in [3.8, 4) is 0 Å². The summed E-state index contributed by atoms with van der Waals surface area (Å²) in [4.78, 5) is 2.51. The van der Waals surface area contributed by atoms with Crippen molar-refractivity contribution < 1.29 is 0 Å². The largest absolute Gasteiger partial charge is 0.291 e. The maximum atomic E-state index is 2.51. The summed E-state index contributed by atoms with van der Waals surface area (Å²) in [6, 6.07) is 8.97. The summed E-state index contributed by atoms with van der Waals surface area (Å²) in [5, 5.41) is 0. The van der Waals surface area contributed by atoms with Gasteiger partial charge in [0.05, 0.1) is 4.05 Å². The summed E-state index contributed by atoms with van der Waals surface area (Å²) in [6.07, 6.45) is 0. The van der Waals surface area contributed by atoms with Crippen LogP contribution in [0.15, 0.2) is 24.3 Å². The highest BCUT2D eigenvalue weighted by Crippen LogP contribution is 2.30. The first-order chi connectivity index (χ1) is 6.66. The molecule has 1 unspecified atom stereocenters.